The van der Waals surface area contributed by atoms with Crippen LogP contribution in [-0.4, -0.2) is 86.1 Å². The highest BCUT2D eigenvalue weighted by molar-refractivity contribution is 7.89. The zero-order valence-electron chi connectivity index (χ0n) is 16.8. The lowest BCUT2D eigenvalue weighted by Crippen LogP contribution is -2.44. The number of sulfonamides is 1. The van der Waals surface area contributed by atoms with Crippen LogP contribution in [0.25, 0.3) is 0 Å². The number of nitrogens with one attached hydrogen (secondary N) is 1. The zero-order valence-corrected chi connectivity index (χ0v) is 17.6. The zero-order chi connectivity index (χ0) is 21.2. The van der Waals surface area contributed by atoms with Crippen LogP contribution in [0.4, 0.5) is 0 Å². The van der Waals surface area contributed by atoms with Gasteiger partial charge >= 0.3 is 0 Å². The van der Waals surface area contributed by atoms with E-state index >= 15 is 0 Å². The summed E-state index contributed by atoms with van der Waals surface area (Å²) in [5.74, 6) is -0.414. The van der Waals surface area contributed by atoms with Crippen molar-refractivity contribution < 1.29 is 27.5 Å². The van der Waals surface area contributed by atoms with Crippen molar-refractivity contribution in [3.8, 4) is 11.8 Å². The molecule has 2 amide bonds. The normalized spacial score (nSPS) is 24.0. The maximum Gasteiger partial charge on any atom is 0.257 e. The van der Waals surface area contributed by atoms with Crippen molar-refractivity contribution in [3.05, 3.63) is 17.7 Å². The highest BCUT2D eigenvalue weighted by Crippen LogP contribution is 2.26. The smallest absolute Gasteiger partial charge is 0.257 e. The number of amides is 2. The number of pyridine rings is 1. The molecule has 2 atom stereocenters. The first-order chi connectivity index (χ1) is 13.8. The summed E-state index contributed by atoms with van der Waals surface area (Å²) in [6.07, 6.45) is 0.911. The lowest BCUT2D eigenvalue weighted by molar-refractivity contribution is -0.130. The predicted octanol–water partition coefficient (Wildman–Crippen LogP) is -0.146. The average molecular weight is 426 g/mol. The van der Waals surface area contributed by atoms with E-state index in [1.807, 2.05) is 11.8 Å². The van der Waals surface area contributed by atoms with E-state index in [2.05, 4.69) is 10.3 Å². The number of carbonyl (C=O) groups is 2. The largest absolute Gasteiger partial charge is 0.481 e. The number of carbonyl (C=O) groups excluding carboxylic acids is 2. The lowest BCUT2D eigenvalue weighted by Gasteiger charge is -2.23. The van der Waals surface area contributed by atoms with E-state index in [1.54, 1.807) is 12.1 Å². The first-order valence-corrected chi connectivity index (χ1v) is 11.1. The molecule has 3 heterocycles. The van der Waals surface area contributed by atoms with Gasteiger partial charge < -0.3 is 14.8 Å². The summed E-state index contributed by atoms with van der Waals surface area (Å²) in [4.78, 5) is 31.5. The van der Waals surface area contributed by atoms with Crippen LogP contribution < -0.4 is 14.8 Å². The van der Waals surface area contributed by atoms with Gasteiger partial charge in [0.1, 0.15) is 5.56 Å². The molecule has 1 N–H and O–H groups in total. The summed E-state index contributed by atoms with van der Waals surface area (Å²) in [6.45, 7) is 2.68. The van der Waals surface area contributed by atoms with Crippen molar-refractivity contribution in [3.63, 3.8) is 0 Å². The summed E-state index contributed by atoms with van der Waals surface area (Å²) in [5.41, 5.74) is 0.261. The Bertz CT molecular complexity index is 890. The molecule has 2 fully saturated rings. The Labute approximate surface area is 170 Å². The fourth-order valence-corrected chi connectivity index (χ4v) is 5.28. The van der Waals surface area contributed by atoms with E-state index in [0.29, 0.717) is 25.3 Å². The number of nitrogens with zero attached hydrogens (tertiary/aromatic N) is 3. The third kappa shape index (κ3) is 4.30. The molecule has 1 aromatic rings. The molecule has 29 heavy (non-hydrogen) atoms. The quantitative estimate of drug-likeness (QED) is 0.667. The van der Waals surface area contributed by atoms with Gasteiger partial charge in [0.15, 0.2) is 0 Å². The van der Waals surface area contributed by atoms with Gasteiger partial charge in [-0.05, 0) is 18.9 Å². The summed E-state index contributed by atoms with van der Waals surface area (Å²) >= 11 is 0. The number of ether oxygens (including phenoxy) is 2. The second-order valence-electron chi connectivity index (χ2n) is 7.05. The minimum Gasteiger partial charge on any atom is -0.481 e. The molecule has 2 aliphatic heterocycles. The van der Waals surface area contributed by atoms with Crippen molar-refractivity contribution in [2.75, 3.05) is 39.6 Å². The van der Waals surface area contributed by atoms with Crippen molar-refractivity contribution >= 4 is 21.8 Å². The van der Waals surface area contributed by atoms with Crippen LogP contribution in [0, 0.1) is 0 Å². The number of rotatable bonds is 6. The van der Waals surface area contributed by atoms with Crippen molar-refractivity contribution in [2.45, 2.75) is 31.8 Å². The average Bonchev–Trinajstić information content (AvgIpc) is 3.08. The van der Waals surface area contributed by atoms with E-state index in [0.717, 1.165) is 4.31 Å². The van der Waals surface area contributed by atoms with Crippen molar-refractivity contribution in [1.82, 2.24) is 19.5 Å². The molecule has 0 bridgehead atoms. The van der Waals surface area contributed by atoms with E-state index in [1.165, 1.54) is 14.2 Å². The van der Waals surface area contributed by atoms with Crippen molar-refractivity contribution in [2.24, 2.45) is 0 Å². The number of methoxy groups -OCH3 is 2. The van der Waals surface area contributed by atoms with Gasteiger partial charge in [-0.2, -0.15) is 4.98 Å². The first kappa shape index (κ1) is 21.3. The maximum absolute atomic E-state index is 12.9. The Balaban J connectivity index is 1.73. The molecule has 11 heteroatoms. The molecule has 2 aliphatic rings. The fourth-order valence-electron chi connectivity index (χ4n) is 3.74. The molecule has 3 rings (SSSR count). The Morgan fingerprint density at radius 3 is 2.72 bits per heavy atom. The van der Waals surface area contributed by atoms with Crippen LogP contribution in [0.5, 0.6) is 11.8 Å². The topological polar surface area (TPSA) is 118 Å². The van der Waals surface area contributed by atoms with Crippen LogP contribution in [0.1, 0.15) is 30.1 Å². The fraction of sp³-hybridized carbons (Fsp3) is 0.611. The van der Waals surface area contributed by atoms with Gasteiger partial charge in [0.25, 0.3) is 11.8 Å². The second kappa shape index (κ2) is 8.54. The minimum atomic E-state index is -3.59. The van der Waals surface area contributed by atoms with Gasteiger partial charge in [-0.1, -0.05) is 6.92 Å². The van der Waals surface area contributed by atoms with Gasteiger partial charge in [0.05, 0.1) is 26.0 Å². The van der Waals surface area contributed by atoms with Crippen LogP contribution >= 0.6 is 0 Å². The maximum atomic E-state index is 12.9. The molecule has 160 valence electrons. The molecule has 0 spiro atoms. The molecule has 10 nitrogen and oxygen atoms in total. The number of hydrogen-bond acceptors (Lipinski definition) is 8. The summed E-state index contributed by atoms with van der Waals surface area (Å²) in [5, 5.41) is 2.91. The first-order valence-electron chi connectivity index (χ1n) is 9.49. The van der Waals surface area contributed by atoms with Crippen LogP contribution in [0.15, 0.2) is 12.1 Å². The van der Waals surface area contributed by atoms with E-state index in [9.17, 15) is 18.0 Å². The Morgan fingerprint density at radius 2 is 2.07 bits per heavy atom. The number of fused-ring (bicyclic) bond motifs is 1. The van der Waals surface area contributed by atoms with E-state index in [4.69, 9.17) is 9.47 Å². The SMILES string of the molecule is CCCN1C(=O)[C@@H]2C[C@H](NC(=O)c3ccc(OC)nc3OC)CN2CCS1(=O)=O. The van der Waals surface area contributed by atoms with Gasteiger partial charge in [-0.25, -0.2) is 12.7 Å². The lowest BCUT2D eigenvalue weighted by atomic mass is 10.1. The van der Waals surface area contributed by atoms with Crippen LogP contribution in [0.2, 0.25) is 0 Å². The minimum absolute atomic E-state index is 0.105. The number of hydrogen-bond donors (Lipinski definition) is 1. The monoisotopic (exact) mass is 426 g/mol. The third-order valence-electron chi connectivity index (χ3n) is 5.15. The Hall–Kier alpha value is -2.40. The molecule has 0 saturated carbocycles. The van der Waals surface area contributed by atoms with E-state index < -0.39 is 22.0 Å². The van der Waals surface area contributed by atoms with Gasteiger partial charge in [0, 0.05) is 31.7 Å². The Morgan fingerprint density at radius 1 is 1.31 bits per heavy atom. The highest BCUT2D eigenvalue weighted by atomic mass is 32.2. The van der Waals surface area contributed by atoms with Gasteiger partial charge in [-0.3, -0.25) is 14.5 Å². The third-order valence-corrected chi connectivity index (χ3v) is 6.88. The summed E-state index contributed by atoms with van der Waals surface area (Å²) in [7, 11) is -0.708. The standard InChI is InChI=1S/C18H26N4O6S/c1-4-7-22-18(24)14-10-12(11-21(14)8-9-29(22,25)26)19-16(23)13-5-6-15(27-2)20-17(13)28-3/h5-6,12,14H,4,7-11H2,1-3H3,(H,19,23)/t12-,14-/m0/s1. The summed E-state index contributed by atoms with van der Waals surface area (Å²) < 4.78 is 36.0. The molecule has 0 aliphatic carbocycles. The van der Waals surface area contributed by atoms with Gasteiger partial charge in [0.2, 0.25) is 21.8 Å². The second-order valence-corrected chi connectivity index (χ2v) is 9.07. The highest BCUT2D eigenvalue weighted by Gasteiger charge is 2.45. The summed E-state index contributed by atoms with van der Waals surface area (Å²) in [6, 6.07) is 2.29. The van der Waals surface area contributed by atoms with Crippen LogP contribution in [-0.2, 0) is 14.8 Å². The molecule has 0 aromatic carbocycles. The molecule has 1 aromatic heterocycles. The number of aromatic nitrogens is 1. The molecular formula is C18H26N4O6S. The molecule has 0 unspecified atom stereocenters. The molecular weight excluding hydrogens is 400 g/mol. The molecule has 0 radical (unpaired) electrons. The van der Waals surface area contributed by atoms with Crippen LogP contribution in [0.3, 0.4) is 0 Å². The Kier molecular flexibility index (Phi) is 6.27. The van der Waals surface area contributed by atoms with E-state index in [-0.39, 0.29) is 42.2 Å². The van der Waals surface area contributed by atoms with Gasteiger partial charge in [-0.15, -0.1) is 0 Å². The molecule has 2 saturated heterocycles. The van der Waals surface area contributed by atoms with Crippen molar-refractivity contribution in [1.29, 1.82) is 0 Å². The predicted molar refractivity (Wildman–Crippen MR) is 104 cm³/mol.